The standard InChI is InChI=1S/C61H94O6/c1-4-7-10-13-16-19-22-25-28-30-33-36-39-42-45-48-51-54-60(63)66-57-58(56-65-59(62)53-50-47-44-41-38-35-32-27-24-21-18-15-12-9-6-3)67-61(64)55-52-49-46-43-40-37-34-31-29-26-23-20-17-14-11-8-5-2/h7-8,10-11,16-21,25-29,32-34,36-37,42-43,45-46,58H,4-6,9,12-15,22-24,30-31,35,38-41,44,47-57H2,1-3H3/b10-7-,11-8-,19-16-,20-17-,21-18-,28-25-,29-26-,32-27-,36-33-,37-34-,45-42-,46-43-/t58-/m1/s1. The van der Waals surface area contributed by atoms with Crippen molar-refractivity contribution in [3.8, 4) is 0 Å². The molecular weight excluding hydrogens is 829 g/mol. The van der Waals surface area contributed by atoms with Gasteiger partial charge in [0.25, 0.3) is 0 Å². The zero-order valence-corrected chi connectivity index (χ0v) is 42.6. The monoisotopic (exact) mass is 923 g/mol. The van der Waals surface area contributed by atoms with Gasteiger partial charge in [-0.25, -0.2) is 0 Å². The molecule has 0 radical (unpaired) electrons. The van der Waals surface area contributed by atoms with Crippen molar-refractivity contribution in [1.29, 1.82) is 0 Å². The van der Waals surface area contributed by atoms with E-state index in [0.717, 1.165) is 122 Å². The molecule has 0 aromatic heterocycles. The first kappa shape index (κ1) is 62.3. The highest BCUT2D eigenvalue weighted by molar-refractivity contribution is 5.71. The van der Waals surface area contributed by atoms with Crippen LogP contribution in [0.15, 0.2) is 146 Å². The molecule has 0 saturated heterocycles. The number of carbonyl (C=O) groups excluding carboxylic acids is 3. The number of hydrogen-bond donors (Lipinski definition) is 0. The molecule has 0 fully saturated rings. The van der Waals surface area contributed by atoms with Gasteiger partial charge in [-0.2, -0.15) is 0 Å². The van der Waals surface area contributed by atoms with E-state index in [0.29, 0.717) is 19.3 Å². The average Bonchev–Trinajstić information content (AvgIpc) is 3.33. The Labute approximate surface area is 410 Å². The van der Waals surface area contributed by atoms with Gasteiger partial charge in [-0.05, 0) is 128 Å². The van der Waals surface area contributed by atoms with Gasteiger partial charge in [-0.1, -0.05) is 199 Å². The van der Waals surface area contributed by atoms with E-state index in [1.807, 2.05) is 0 Å². The second-order valence-corrected chi connectivity index (χ2v) is 16.7. The molecule has 6 heteroatoms. The molecule has 1 atom stereocenters. The molecule has 0 rings (SSSR count). The van der Waals surface area contributed by atoms with E-state index in [-0.39, 0.29) is 38.0 Å². The van der Waals surface area contributed by atoms with Gasteiger partial charge in [0.1, 0.15) is 13.2 Å². The summed E-state index contributed by atoms with van der Waals surface area (Å²) >= 11 is 0. The lowest BCUT2D eigenvalue weighted by molar-refractivity contribution is -0.167. The van der Waals surface area contributed by atoms with Gasteiger partial charge in [-0.15, -0.1) is 0 Å². The van der Waals surface area contributed by atoms with Crippen LogP contribution in [-0.4, -0.2) is 37.2 Å². The molecular formula is C61H94O6. The van der Waals surface area contributed by atoms with Crippen molar-refractivity contribution in [2.45, 2.75) is 207 Å². The number of unbranched alkanes of at least 4 members (excludes halogenated alkanes) is 10. The fourth-order valence-corrected chi connectivity index (χ4v) is 6.42. The van der Waals surface area contributed by atoms with Crippen LogP contribution in [0.5, 0.6) is 0 Å². The highest BCUT2D eigenvalue weighted by Gasteiger charge is 2.19. The minimum Gasteiger partial charge on any atom is -0.462 e. The van der Waals surface area contributed by atoms with Crippen molar-refractivity contribution < 1.29 is 28.6 Å². The molecule has 0 aliphatic carbocycles. The molecule has 0 unspecified atom stereocenters. The second kappa shape index (κ2) is 53.9. The Kier molecular flexibility index (Phi) is 50.1. The number of carbonyl (C=O) groups is 3. The van der Waals surface area contributed by atoms with Gasteiger partial charge in [0.2, 0.25) is 0 Å². The van der Waals surface area contributed by atoms with E-state index in [1.54, 1.807) is 0 Å². The first-order valence-corrected chi connectivity index (χ1v) is 26.3. The molecule has 374 valence electrons. The van der Waals surface area contributed by atoms with Gasteiger partial charge in [-0.3, -0.25) is 14.4 Å². The van der Waals surface area contributed by atoms with Crippen molar-refractivity contribution >= 4 is 17.9 Å². The van der Waals surface area contributed by atoms with Gasteiger partial charge in [0.15, 0.2) is 6.10 Å². The lowest BCUT2D eigenvalue weighted by Gasteiger charge is -2.18. The summed E-state index contributed by atoms with van der Waals surface area (Å²) in [5.74, 6) is -1.08. The van der Waals surface area contributed by atoms with Gasteiger partial charge in [0.05, 0.1) is 0 Å². The van der Waals surface area contributed by atoms with Crippen molar-refractivity contribution in [2.75, 3.05) is 13.2 Å². The quantitative estimate of drug-likeness (QED) is 0.0262. The molecule has 0 N–H and O–H groups in total. The van der Waals surface area contributed by atoms with Crippen molar-refractivity contribution in [3.63, 3.8) is 0 Å². The van der Waals surface area contributed by atoms with Crippen molar-refractivity contribution in [3.05, 3.63) is 146 Å². The topological polar surface area (TPSA) is 78.9 Å². The molecule has 67 heavy (non-hydrogen) atoms. The summed E-state index contributed by atoms with van der Waals surface area (Å²) in [6, 6.07) is 0. The molecule has 0 heterocycles. The molecule has 0 bridgehead atoms. The Hall–Kier alpha value is -4.71. The molecule has 0 aliphatic rings. The number of rotatable bonds is 45. The van der Waals surface area contributed by atoms with Gasteiger partial charge >= 0.3 is 17.9 Å². The molecule has 6 nitrogen and oxygen atoms in total. The van der Waals surface area contributed by atoms with E-state index in [4.69, 9.17) is 14.2 Å². The second-order valence-electron chi connectivity index (χ2n) is 16.7. The van der Waals surface area contributed by atoms with Crippen LogP contribution in [0.25, 0.3) is 0 Å². The number of ether oxygens (including phenoxy) is 3. The summed E-state index contributed by atoms with van der Waals surface area (Å²) < 4.78 is 16.7. The minimum absolute atomic E-state index is 0.132. The largest absolute Gasteiger partial charge is 0.462 e. The van der Waals surface area contributed by atoms with E-state index in [2.05, 4.69) is 167 Å². The van der Waals surface area contributed by atoms with E-state index in [1.165, 1.54) is 25.7 Å². The van der Waals surface area contributed by atoms with Crippen LogP contribution < -0.4 is 0 Å². The lowest BCUT2D eigenvalue weighted by Crippen LogP contribution is -2.30. The zero-order chi connectivity index (χ0) is 48.6. The van der Waals surface area contributed by atoms with Crippen LogP contribution in [0.2, 0.25) is 0 Å². The van der Waals surface area contributed by atoms with Crippen LogP contribution in [0.1, 0.15) is 201 Å². The number of hydrogen-bond acceptors (Lipinski definition) is 6. The lowest BCUT2D eigenvalue weighted by atomic mass is 10.1. The summed E-state index contributed by atoms with van der Waals surface area (Å²) in [7, 11) is 0. The van der Waals surface area contributed by atoms with E-state index >= 15 is 0 Å². The third kappa shape index (κ3) is 52.1. The van der Waals surface area contributed by atoms with Crippen LogP contribution >= 0.6 is 0 Å². The normalized spacial score (nSPS) is 13.3. The fraction of sp³-hybridized carbons (Fsp3) is 0.557. The minimum atomic E-state index is -0.843. The summed E-state index contributed by atoms with van der Waals surface area (Å²) in [5.41, 5.74) is 0. The van der Waals surface area contributed by atoms with E-state index in [9.17, 15) is 14.4 Å². The first-order chi connectivity index (χ1) is 33.0. The van der Waals surface area contributed by atoms with Gasteiger partial charge in [0, 0.05) is 19.3 Å². The maximum absolute atomic E-state index is 12.8. The molecule has 0 aromatic rings. The maximum Gasteiger partial charge on any atom is 0.306 e. The van der Waals surface area contributed by atoms with E-state index < -0.39 is 12.1 Å². The summed E-state index contributed by atoms with van der Waals surface area (Å²) in [6.45, 7) is 6.25. The third-order valence-electron chi connectivity index (χ3n) is 10.3. The number of esters is 3. The SMILES string of the molecule is CC/C=C\C/C=C\C/C=C\C/C=C\C/C=C\CCCC(=O)OC[C@@H](COC(=O)CCCCCCC/C=C\C/C=C\CCCCC)OC(=O)CCC/C=C\C/C=C\C/C=C\C/C=C\C/C=C\CC. The Morgan fingerprint density at radius 2 is 0.597 bits per heavy atom. The predicted molar refractivity (Wildman–Crippen MR) is 288 cm³/mol. The van der Waals surface area contributed by atoms with Crippen LogP contribution in [-0.2, 0) is 28.6 Å². The fourth-order valence-electron chi connectivity index (χ4n) is 6.42. The predicted octanol–water partition coefficient (Wildman–Crippen LogP) is 17.6. The Bertz CT molecular complexity index is 1530. The first-order valence-electron chi connectivity index (χ1n) is 26.3. The average molecular weight is 923 g/mol. The van der Waals surface area contributed by atoms with Crippen LogP contribution in [0, 0.1) is 0 Å². The molecule has 0 saturated carbocycles. The van der Waals surface area contributed by atoms with Crippen LogP contribution in [0.3, 0.4) is 0 Å². The summed E-state index contributed by atoms with van der Waals surface area (Å²) in [6.07, 6.45) is 77.0. The van der Waals surface area contributed by atoms with Crippen molar-refractivity contribution in [2.24, 2.45) is 0 Å². The maximum atomic E-state index is 12.8. The van der Waals surface area contributed by atoms with Crippen molar-refractivity contribution in [1.82, 2.24) is 0 Å². The molecule has 0 spiro atoms. The molecule has 0 aromatic carbocycles. The number of allylic oxidation sites excluding steroid dienone is 24. The molecule has 0 amide bonds. The highest BCUT2D eigenvalue weighted by Crippen LogP contribution is 2.11. The summed E-state index contributed by atoms with van der Waals surface area (Å²) in [4.78, 5) is 38.0. The molecule has 0 aliphatic heterocycles. The van der Waals surface area contributed by atoms with Crippen LogP contribution in [0.4, 0.5) is 0 Å². The highest BCUT2D eigenvalue weighted by atomic mass is 16.6. The zero-order valence-electron chi connectivity index (χ0n) is 42.6. The Balaban J connectivity index is 4.63. The summed E-state index contributed by atoms with van der Waals surface area (Å²) in [5, 5.41) is 0. The Morgan fingerprint density at radius 3 is 0.970 bits per heavy atom. The smallest absolute Gasteiger partial charge is 0.306 e. The van der Waals surface area contributed by atoms with Gasteiger partial charge < -0.3 is 14.2 Å². The third-order valence-corrected chi connectivity index (χ3v) is 10.3. The Morgan fingerprint density at radius 1 is 0.313 bits per heavy atom.